The first-order chi connectivity index (χ1) is 12.6. The summed E-state index contributed by atoms with van der Waals surface area (Å²) in [6.07, 6.45) is 6.44. The molecular weight excluding hydrogens is 332 g/mol. The number of rotatable bonds is 8. The third kappa shape index (κ3) is 4.35. The predicted molar refractivity (Wildman–Crippen MR) is 102 cm³/mol. The predicted octanol–water partition coefficient (Wildman–Crippen LogP) is 2.05. The number of aromatic amines is 1. The van der Waals surface area contributed by atoms with E-state index in [2.05, 4.69) is 27.2 Å². The topological polar surface area (TPSA) is 111 Å². The Morgan fingerprint density at radius 1 is 1.35 bits per heavy atom. The molecule has 26 heavy (non-hydrogen) atoms. The molecule has 0 bridgehead atoms. The highest BCUT2D eigenvalue weighted by Crippen LogP contribution is 2.21. The molecule has 0 radical (unpaired) electrons. The summed E-state index contributed by atoms with van der Waals surface area (Å²) in [4.78, 5) is 23.8. The second-order valence-corrected chi connectivity index (χ2v) is 7.22. The van der Waals surface area contributed by atoms with Gasteiger partial charge in [0.05, 0.1) is 6.10 Å². The highest BCUT2D eigenvalue weighted by molar-refractivity contribution is 5.81. The number of nitrogens with two attached hydrogens (primary N) is 1. The van der Waals surface area contributed by atoms with Crippen molar-refractivity contribution >= 4 is 17.0 Å². The van der Waals surface area contributed by atoms with Gasteiger partial charge in [-0.1, -0.05) is 13.3 Å². The standard InChI is InChI=1S/C18H30N6O2/c1-3-5-12(2)26-17-22-15(19)14-16(23-17)24(18(25)21-14)11-4-6-13-7-9-20-10-8-13/h12-13,20H,3-11H2,1-2H3,(H,21,25)(H2,19,22,23). The fourth-order valence-corrected chi connectivity index (χ4v) is 3.64. The summed E-state index contributed by atoms with van der Waals surface area (Å²) in [5.74, 6) is 0.994. The number of anilines is 1. The summed E-state index contributed by atoms with van der Waals surface area (Å²) in [7, 11) is 0. The van der Waals surface area contributed by atoms with Crippen molar-refractivity contribution in [2.45, 2.75) is 65.0 Å². The normalized spacial score (nSPS) is 16.8. The summed E-state index contributed by atoms with van der Waals surface area (Å²) < 4.78 is 7.43. The fourth-order valence-electron chi connectivity index (χ4n) is 3.64. The number of nitrogen functional groups attached to an aromatic ring is 1. The van der Waals surface area contributed by atoms with Crippen LogP contribution in [0.1, 0.15) is 52.4 Å². The fraction of sp³-hybridized carbons (Fsp3) is 0.722. The average molecular weight is 362 g/mol. The summed E-state index contributed by atoms with van der Waals surface area (Å²) in [5, 5.41) is 3.38. The maximum absolute atomic E-state index is 12.3. The molecule has 1 unspecified atom stereocenters. The van der Waals surface area contributed by atoms with Crippen LogP contribution in [0.15, 0.2) is 4.79 Å². The van der Waals surface area contributed by atoms with Gasteiger partial charge in [-0.3, -0.25) is 4.57 Å². The van der Waals surface area contributed by atoms with E-state index in [0.717, 1.165) is 44.7 Å². The van der Waals surface area contributed by atoms with Gasteiger partial charge in [-0.05, 0) is 58.0 Å². The van der Waals surface area contributed by atoms with Crippen molar-refractivity contribution in [3.8, 4) is 6.01 Å². The highest BCUT2D eigenvalue weighted by atomic mass is 16.5. The Kier molecular flexibility index (Phi) is 6.13. The van der Waals surface area contributed by atoms with Crippen LogP contribution in [0.4, 0.5) is 5.82 Å². The van der Waals surface area contributed by atoms with Crippen LogP contribution < -0.4 is 21.5 Å². The van der Waals surface area contributed by atoms with Crippen molar-refractivity contribution in [2.24, 2.45) is 5.92 Å². The first kappa shape index (κ1) is 18.7. The Labute approximate surface area is 153 Å². The van der Waals surface area contributed by atoms with Gasteiger partial charge in [0.1, 0.15) is 5.52 Å². The van der Waals surface area contributed by atoms with Crippen molar-refractivity contribution in [1.82, 2.24) is 24.8 Å². The van der Waals surface area contributed by atoms with Gasteiger partial charge in [0, 0.05) is 6.54 Å². The smallest absolute Gasteiger partial charge is 0.327 e. The molecule has 2 aromatic heterocycles. The molecule has 8 heteroatoms. The Bertz CT molecular complexity index is 778. The first-order valence-corrected chi connectivity index (χ1v) is 9.72. The van der Waals surface area contributed by atoms with E-state index in [0.29, 0.717) is 17.7 Å². The van der Waals surface area contributed by atoms with Crippen LogP contribution in [-0.2, 0) is 6.54 Å². The van der Waals surface area contributed by atoms with E-state index in [4.69, 9.17) is 10.5 Å². The number of hydrogen-bond donors (Lipinski definition) is 3. The molecule has 0 amide bonds. The minimum atomic E-state index is -0.190. The molecule has 1 atom stereocenters. The quantitative estimate of drug-likeness (QED) is 0.663. The number of nitrogens with zero attached hydrogens (tertiary/aromatic N) is 3. The van der Waals surface area contributed by atoms with Crippen LogP contribution >= 0.6 is 0 Å². The van der Waals surface area contributed by atoms with Crippen LogP contribution in [0, 0.1) is 5.92 Å². The Balaban J connectivity index is 1.74. The zero-order valence-electron chi connectivity index (χ0n) is 15.8. The second-order valence-electron chi connectivity index (χ2n) is 7.22. The lowest BCUT2D eigenvalue weighted by Gasteiger charge is -2.22. The van der Waals surface area contributed by atoms with Crippen molar-refractivity contribution in [3.05, 3.63) is 10.5 Å². The molecule has 1 aliphatic heterocycles. The second kappa shape index (κ2) is 8.53. The SMILES string of the molecule is CCCC(C)Oc1nc(N)c2[nH]c(=O)n(CCCC3CCNCC3)c2n1. The summed E-state index contributed by atoms with van der Waals surface area (Å²) in [6.45, 7) is 6.90. The summed E-state index contributed by atoms with van der Waals surface area (Å²) >= 11 is 0. The van der Waals surface area contributed by atoms with E-state index in [1.165, 1.54) is 12.8 Å². The lowest BCUT2D eigenvalue weighted by Crippen LogP contribution is -2.28. The van der Waals surface area contributed by atoms with Gasteiger partial charge in [-0.25, -0.2) is 4.79 Å². The van der Waals surface area contributed by atoms with Crippen molar-refractivity contribution in [2.75, 3.05) is 18.8 Å². The molecule has 0 aromatic carbocycles. The third-order valence-corrected chi connectivity index (χ3v) is 5.08. The van der Waals surface area contributed by atoms with Gasteiger partial charge in [0.2, 0.25) is 0 Å². The van der Waals surface area contributed by atoms with Crippen molar-refractivity contribution in [3.63, 3.8) is 0 Å². The molecule has 1 saturated heterocycles. The molecule has 3 heterocycles. The van der Waals surface area contributed by atoms with Crippen molar-refractivity contribution < 1.29 is 4.74 Å². The largest absolute Gasteiger partial charge is 0.460 e. The lowest BCUT2D eigenvalue weighted by atomic mass is 9.93. The molecule has 0 saturated carbocycles. The number of aryl methyl sites for hydroxylation is 1. The van der Waals surface area contributed by atoms with Gasteiger partial charge < -0.3 is 20.8 Å². The van der Waals surface area contributed by atoms with Gasteiger partial charge in [-0.2, -0.15) is 9.97 Å². The van der Waals surface area contributed by atoms with Crippen LogP contribution in [-0.4, -0.2) is 38.7 Å². The summed E-state index contributed by atoms with van der Waals surface area (Å²) in [5.41, 5.74) is 6.85. The number of ether oxygens (including phenoxy) is 1. The van der Waals surface area contributed by atoms with E-state index in [1.807, 2.05) is 6.92 Å². The van der Waals surface area contributed by atoms with Gasteiger partial charge in [0.15, 0.2) is 11.5 Å². The van der Waals surface area contributed by atoms with Crippen LogP contribution in [0.2, 0.25) is 0 Å². The van der Waals surface area contributed by atoms with E-state index >= 15 is 0 Å². The molecule has 8 nitrogen and oxygen atoms in total. The van der Waals surface area contributed by atoms with E-state index in [1.54, 1.807) is 4.57 Å². The Hall–Kier alpha value is -2.09. The number of nitrogens with one attached hydrogen (secondary N) is 2. The lowest BCUT2D eigenvalue weighted by molar-refractivity contribution is 0.193. The van der Waals surface area contributed by atoms with Crippen molar-refractivity contribution in [1.29, 1.82) is 0 Å². The number of H-pyrrole nitrogens is 1. The van der Waals surface area contributed by atoms with E-state index in [-0.39, 0.29) is 23.6 Å². The molecule has 2 aromatic rings. The van der Waals surface area contributed by atoms with E-state index < -0.39 is 0 Å². The third-order valence-electron chi connectivity index (χ3n) is 5.08. The minimum Gasteiger partial charge on any atom is -0.460 e. The minimum absolute atomic E-state index is 0.0101. The molecule has 0 aliphatic carbocycles. The van der Waals surface area contributed by atoms with E-state index in [9.17, 15) is 4.79 Å². The maximum atomic E-state index is 12.3. The van der Waals surface area contributed by atoms with Crippen LogP contribution in [0.5, 0.6) is 6.01 Å². The molecule has 1 aliphatic rings. The molecule has 4 N–H and O–H groups in total. The number of fused-ring (bicyclic) bond motifs is 1. The number of aromatic nitrogens is 4. The Morgan fingerprint density at radius 3 is 2.85 bits per heavy atom. The van der Waals surface area contributed by atoms with Crippen LogP contribution in [0.3, 0.4) is 0 Å². The number of piperidine rings is 1. The zero-order valence-corrected chi connectivity index (χ0v) is 15.8. The van der Waals surface area contributed by atoms with Gasteiger partial charge in [-0.15, -0.1) is 0 Å². The monoisotopic (exact) mass is 362 g/mol. The summed E-state index contributed by atoms with van der Waals surface area (Å²) in [6, 6.07) is 0.238. The molecule has 144 valence electrons. The van der Waals surface area contributed by atoms with Crippen LogP contribution in [0.25, 0.3) is 11.2 Å². The van der Waals surface area contributed by atoms with Gasteiger partial charge >= 0.3 is 11.7 Å². The number of hydrogen-bond acceptors (Lipinski definition) is 6. The average Bonchev–Trinajstić information content (AvgIpc) is 2.93. The number of imidazole rings is 1. The molecule has 3 rings (SSSR count). The maximum Gasteiger partial charge on any atom is 0.327 e. The zero-order chi connectivity index (χ0) is 18.5. The molecule has 1 fully saturated rings. The first-order valence-electron chi connectivity index (χ1n) is 9.72. The molecule has 0 spiro atoms. The molecular formula is C18H30N6O2. The Morgan fingerprint density at radius 2 is 2.12 bits per heavy atom. The highest BCUT2D eigenvalue weighted by Gasteiger charge is 2.17. The van der Waals surface area contributed by atoms with Gasteiger partial charge in [0.25, 0.3) is 0 Å².